The predicted octanol–water partition coefficient (Wildman–Crippen LogP) is 23.9. The van der Waals surface area contributed by atoms with Crippen LogP contribution < -0.4 is 9.80 Å². The summed E-state index contributed by atoms with van der Waals surface area (Å²) in [6.07, 6.45) is 6.17. The molecule has 0 spiro atoms. The van der Waals surface area contributed by atoms with E-state index in [1.165, 1.54) is 143 Å². The first-order chi connectivity index (χ1) is 41.0. The van der Waals surface area contributed by atoms with Crippen LogP contribution in [-0.2, 0) is 28.1 Å². The molecule has 0 atom stereocenters. The lowest BCUT2D eigenvalue weighted by Gasteiger charge is -2.35. The second-order valence-corrected chi connectivity index (χ2v) is 28.0. The fourth-order valence-electron chi connectivity index (χ4n) is 13.4. The van der Waals surface area contributed by atoms with E-state index in [0.717, 1.165) is 29.2 Å². The third-order valence-electron chi connectivity index (χ3n) is 18.4. The van der Waals surface area contributed by atoms with Crippen molar-refractivity contribution in [2.45, 2.75) is 158 Å². The molecule has 0 unspecified atom stereocenters. The van der Waals surface area contributed by atoms with Crippen LogP contribution in [-0.4, -0.2) is 0 Å². The molecule has 2 heteroatoms. The molecule has 0 saturated heterocycles. The molecule has 0 heterocycles. The topological polar surface area (TPSA) is 6.48 Å². The van der Waals surface area contributed by atoms with Crippen molar-refractivity contribution in [3.8, 4) is 33.4 Å². The number of hydrogen-bond acceptors (Lipinski definition) is 2. The summed E-state index contributed by atoms with van der Waals surface area (Å²) >= 11 is 0. The van der Waals surface area contributed by atoms with Crippen LogP contribution >= 0.6 is 0 Å². The van der Waals surface area contributed by atoms with E-state index < -0.39 is 5.41 Å². The minimum atomic E-state index is -0.499. The average molecular weight is 1130 g/mol. The summed E-state index contributed by atoms with van der Waals surface area (Å²) in [4.78, 5) is 4.91. The molecule has 0 aliphatic heterocycles. The number of anilines is 6. The largest absolute Gasteiger partial charge is 0.310 e. The highest BCUT2D eigenvalue weighted by Gasteiger charge is 2.46. The van der Waals surface area contributed by atoms with Crippen molar-refractivity contribution in [3.05, 3.63) is 285 Å². The Balaban J connectivity index is 0.972. The maximum absolute atomic E-state index is 2.50. The van der Waals surface area contributed by atoms with Crippen LogP contribution in [0.2, 0.25) is 0 Å². The third kappa shape index (κ3) is 11.6. The highest BCUT2D eigenvalue weighted by molar-refractivity contribution is 5.89. The summed E-state index contributed by atoms with van der Waals surface area (Å²) in [6.45, 7) is 34.2. The Morgan fingerprint density at radius 3 is 1.14 bits per heavy atom. The molecular formula is C84H90N2. The SMILES string of the molecule is CCCCCCc1ccc(C2(c3ccc(N(c4ccc(-c5ccc(N(c6ccc(-c7ccc(C(C)(C)C)cc7)cc6)c6ccc(C(C)(C)C)cc6C)cc5)cc4)c4c(C)cc(C(C)(C)C)cc4C)cc3)c3cc(C)ccc3-c3ccc(C)cc32)cc1. The van der Waals surface area contributed by atoms with E-state index in [0.29, 0.717) is 0 Å². The van der Waals surface area contributed by atoms with Crippen molar-refractivity contribution in [3.63, 3.8) is 0 Å². The molecular weight excluding hydrogens is 1040 g/mol. The van der Waals surface area contributed by atoms with E-state index in [-0.39, 0.29) is 16.2 Å². The Labute approximate surface area is 516 Å². The van der Waals surface area contributed by atoms with Crippen molar-refractivity contribution in [2.24, 2.45) is 0 Å². The summed E-state index contributed by atoms with van der Waals surface area (Å²) in [5, 5.41) is 0. The fourth-order valence-corrected chi connectivity index (χ4v) is 13.4. The predicted molar refractivity (Wildman–Crippen MR) is 372 cm³/mol. The van der Waals surface area contributed by atoms with Crippen LogP contribution in [0, 0.1) is 34.6 Å². The van der Waals surface area contributed by atoms with E-state index in [1.807, 2.05) is 0 Å². The summed E-state index contributed by atoms with van der Waals surface area (Å²) in [7, 11) is 0. The molecule has 2 nitrogen and oxygen atoms in total. The lowest BCUT2D eigenvalue weighted by Crippen LogP contribution is -2.29. The van der Waals surface area contributed by atoms with Gasteiger partial charge >= 0.3 is 0 Å². The molecule has 0 aromatic heterocycles. The zero-order valence-electron chi connectivity index (χ0n) is 54.1. The first-order valence-corrected chi connectivity index (χ1v) is 31.7. The van der Waals surface area contributed by atoms with Crippen molar-refractivity contribution >= 4 is 34.1 Å². The summed E-state index contributed by atoms with van der Waals surface area (Å²) < 4.78 is 0. The molecule has 10 aromatic carbocycles. The molecule has 1 aliphatic rings. The first-order valence-electron chi connectivity index (χ1n) is 31.7. The summed E-state index contributed by atoms with van der Waals surface area (Å²) in [5.41, 5.74) is 31.0. The number of benzene rings is 10. The van der Waals surface area contributed by atoms with Gasteiger partial charge in [0.05, 0.1) is 11.1 Å². The molecule has 10 aromatic rings. The number of hydrogen-bond donors (Lipinski definition) is 0. The minimum Gasteiger partial charge on any atom is -0.310 e. The molecule has 86 heavy (non-hydrogen) atoms. The van der Waals surface area contributed by atoms with Crippen molar-refractivity contribution in [2.75, 3.05) is 9.80 Å². The molecule has 11 rings (SSSR count). The van der Waals surface area contributed by atoms with Crippen molar-refractivity contribution in [1.82, 2.24) is 0 Å². The van der Waals surface area contributed by atoms with Gasteiger partial charge in [-0.3, -0.25) is 0 Å². The number of fused-ring (bicyclic) bond motifs is 3. The normalized spacial score (nSPS) is 12.9. The molecule has 0 amide bonds. The van der Waals surface area contributed by atoms with Gasteiger partial charge in [-0.25, -0.2) is 0 Å². The van der Waals surface area contributed by atoms with Gasteiger partial charge in [-0.1, -0.05) is 257 Å². The van der Waals surface area contributed by atoms with Gasteiger partial charge < -0.3 is 9.80 Å². The molecule has 0 N–H and O–H groups in total. The number of rotatable bonds is 15. The van der Waals surface area contributed by atoms with Gasteiger partial charge in [0.25, 0.3) is 0 Å². The molecule has 436 valence electrons. The number of aryl methyl sites for hydroxylation is 6. The highest BCUT2D eigenvalue weighted by atomic mass is 15.2. The third-order valence-corrected chi connectivity index (χ3v) is 18.4. The van der Waals surface area contributed by atoms with Crippen molar-refractivity contribution in [1.29, 1.82) is 0 Å². The van der Waals surface area contributed by atoms with E-state index in [2.05, 4.69) is 326 Å². The average Bonchev–Trinajstić information content (AvgIpc) is 1.53. The second-order valence-electron chi connectivity index (χ2n) is 28.0. The quantitative estimate of drug-likeness (QED) is 0.0944. The van der Waals surface area contributed by atoms with E-state index in [9.17, 15) is 0 Å². The maximum Gasteiger partial charge on any atom is 0.0713 e. The maximum atomic E-state index is 2.50. The monoisotopic (exact) mass is 1130 g/mol. The van der Waals surface area contributed by atoms with Gasteiger partial charge in [-0.15, -0.1) is 0 Å². The van der Waals surface area contributed by atoms with Gasteiger partial charge in [-0.05, 0) is 213 Å². The van der Waals surface area contributed by atoms with Gasteiger partial charge in [-0.2, -0.15) is 0 Å². The summed E-state index contributed by atoms with van der Waals surface area (Å²) in [5.74, 6) is 0. The Morgan fingerprint density at radius 2 is 0.721 bits per heavy atom. The van der Waals surface area contributed by atoms with Gasteiger partial charge in [0.15, 0.2) is 0 Å². The standard InChI is InChI=1S/C84H90N2/c1-16-17-18-19-20-61-23-33-67(34-24-61)84(77-51-56(2)21-48-75(77)76-49-22-57(3)52-78(76)84)68-37-46-74(47-38-68)86(80-59(5)54-70(55-60(80)6)83(13,14)15)73-44-31-65(32-45-73)64-29-42-72(43-30-64)85(79-50-39-69(53-58(79)4)82(10,11)12)71-40-27-63(28-41-71)62-25-35-66(36-26-62)81(7,8)9/h21-55H,16-20H2,1-15H3. The molecule has 0 bridgehead atoms. The van der Waals surface area contributed by atoms with E-state index >= 15 is 0 Å². The highest BCUT2D eigenvalue weighted by Crippen LogP contribution is 2.57. The first kappa shape index (κ1) is 59.5. The van der Waals surface area contributed by atoms with Gasteiger partial charge in [0.1, 0.15) is 0 Å². The van der Waals surface area contributed by atoms with Crippen LogP contribution in [0.5, 0.6) is 0 Å². The van der Waals surface area contributed by atoms with Crippen LogP contribution in [0.1, 0.15) is 167 Å². The van der Waals surface area contributed by atoms with Crippen LogP contribution in [0.4, 0.5) is 34.1 Å². The second kappa shape index (κ2) is 23.6. The minimum absolute atomic E-state index is 0.0145. The number of unbranched alkanes of at least 4 members (excludes halogenated alkanes) is 3. The zero-order chi connectivity index (χ0) is 60.9. The van der Waals surface area contributed by atoms with Crippen LogP contribution in [0.3, 0.4) is 0 Å². The number of nitrogens with zero attached hydrogens (tertiary/aromatic N) is 2. The fraction of sp³-hybridized carbons (Fsp3) is 0.286. The molecule has 0 radical (unpaired) electrons. The molecule has 0 fully saturated rings. The van der Waals surface area contributed by atoms with Crippen LogP contribution in [0.25, 0.3) is 33.4 Å². The summed E-state index contributed by atoms with van der Waals surface area (Å²) in [6, 6.07) is 81.8. The Kier molecular flexibility index (Phi) is 16.3. The lowest BCUT2D eigenvalue weighted by atomic mass is 9.67. The lowest BCUT2D eigenvalue weighted by molar-refractivity contribution is 0.589. The van der Waals surface area contributed by atoms with E-state index in [1.54, 1.807) is 0 Å². The Hall–Kier alpha value is -8.20. The van der Waals surface area contributed by atoms with Gasteiger partial charge in [0.2, 0.25) is 0 Å². The Bertz CT molecular complexity index is 3950. The Morgan fingerprint density at radius 1 is 0.337 bits per heavy atom. The molecule has 0 saturated carbocycles. The smallest absolute Gasteiger partial charge is 0.0713 e. The van der Waals surface area contributed by atoms with Crippen LogP contribution in [0.15, 0.2) is 212 Å². The van der Waals surface area contributed by atoms with Gasteiger partial charge in [0, 0.05) is 28.4 Å². The van der Waals surface area contributed by atoms with Crippen molar-refractivity contribution < 1.29 is 0 Å². The van der Waals surface area contributed by atoms with E-state index in [4.69, 9.17) is 0 Å². The molecule has 1 aliphatic carbocycles. The zero-order valence-corrected chi connectivity index (χ0v) is 54.1.